The summed E-state index contributed by atoms with van der Waals surface area (Å²) in [6, 6.07) is 7.23. The predicted molar refractivity (Wildman–Crippen MR) is 72.2 cm³/mol. The largest absolute Gasteiger partial charge is 0.480 e. The van der Waals surface area contributed by atoms with Crippen molar-refractivity contribution in [3.63, 3.8) is 0 Å². The molecule has 6 heteroatoms. The van der Waals surface area contributed by atoms with Crippen LogP contribution in [0.25, 0.3) is 11.0 Å². The van der Waals surface area contributed by atoms with Crippen LogP contribution in [-0.4, -0.2) is 39.6 Å². The number of hydrogen-bond acceptors (Lipinski definition) is 4. The Balaban J connectivity index is 2.22. The Kier molecular flexibility index (Phi) is 3.48. The molecule has 0 aliphatic carbocycles. The first kappa shape index (κ1) is 14.0. The van der Waals surface area contributed by atoms with Gasteiger partial charge in [-0.25, -0.2) is 4.79 Å². The third kappa shape index (κ3) is 2.36. The number of carboxylic acid groups (broad SMARTS) is 1. The van der Waals surface area contributed by atoms with Crippen molar-refractivity contribution < 1.29 is 19.2 Å². The van der Waals surface area contributed by atoms with Gasteiger partial charge in [0.15, 0.2) is 5.58 Å². The number of aromatic nitrogens is 1. The number of benzene rings is 1. The Morgan fingerprint density at radius 3 is 2.65 bits per heavy atom. The monoisotopic (exact) mass is 276 g/mol. The lowest BCUT2D eigenvalue weighted by Gasteiger charge is -2.31. The van der Waals surface area contributed by atoms with E-state index < -0.39 is 11.5 Å². The standard InChI is InChI=1S/C14H16N2O4/c1-14(2,13(18)19)16(3)12(17)8-10-9-6-4-5-7-11(9)20-15-10/h4-7H,8H2,1-3H3,(H,18,19). The van der Waals surface area contributed by atoms with Crippen molar-refractivity contribution in [2.45, 2.75) is 25.8 Å². The number of carboxylic acids is 1. The molecule has 0 fully saturated rings. The summed E-state index contributed by atoms with van der Waals surface area (Å²) in [7, 11) is 1.47. The molecule has 0 bridgehead atoms. The van der Waals surface area contributed by atoms with E-state index in [1.165, 1.54) is 25.8 Å². The Hall–Kier alpha value is -2.37. The minimum atomic E-state index is -1.27. The van der Waals surface area contributed by atoms with E-state index in [2.05, 4.69) is 5.16 Å². The summed E-state index contributed by atoms with van der Waals surface area (Å²) in [6.07, 6.45) is 0.00419. The van der Waals surface area contributed by atoms with E-state index in [4.69, 9.17) is 9.63 Å². The van der Waals surface area contributed by atoms with Crippen molar-refractivity contribution in [1.29, 1.82) is 0 Å². The molecule has 0 spiro atoms. The SMILES string of the molecule is CN(C(=O)Cc1noc2ccccc12)C(C)(C)C(=O)O. The fourth-order valence-corrected chi connectivity index (χ4v) is 1.78. The molecule has 1 heterocycles. The molecule has 1 N–H and O–H groups in total. The second-order valence-corrected chi connectivity index (χ2v) is 5.12. The Morgan fingerprint density at radius 1 is 1.35 bits per heavy atom. The van der Waals surface area contributed by atoms with Gasteiger partial charge in [0.25, 0.3) is 0 Å². The molecule has 6 nitrogen and oxygen atoms in total. The normalized spacial score (nSPS) is 11.6. The molecule has 0 saturated heterocycles. The van der Waals surface area contributed by atoms with Crippen LogP contribution < -0.4 is 0 Å². The lowest BCUT2D eigenvalue weighted by molar-refractivity contribution is -0.155. The van der Waals surface area contributed by atoms with Crippen molar-refractivity contribution >= 4 is 22.8 Å². The number of hydrogen-bond donors (Lipinski definition) is 1. The highest BCUT2D eigenvalue weighted by Gasteiger charge is 2.35. The topological polar surface area (TPSA) is 83.6 Å². The van der Waals surface area contributed by atoms with Gasteiger partial charge >= 0.3 is 5.97 Å². The maximum atomic E-state index is 12.2. The summed E-state index contributed by atoms with van der Waals surface area (Å²) in [5.74, 6) is -1.38. The number of carbonyl (C=O) groups is 2. The lowest BCUT2D eigenvalue weighted by Crippen LogP contribution is -2.51. The zero-order valence-electron chi connectivity index (χ0n) is 11.6. The van der Waals surface area contributed by atoms with Crippen LogP contribution in [0.5, 0.6) is 0 Å². The van der Waals surface area contributed by atoms with Crippen LogP contribution in [0.2, 0.25) is 0 Å². The number of likely N-dealkylation sites (N-methyl/N-ethyl adjacent to an activating group) is 1. The Morgan fingerprint density at radius 2 is 2.00 bits per heavy atom. The molecule has 0 unspecified atom stereocenters. The molecule has 0 saturated carbocycles. The van der Waals surface area contributed by atoms with E-state index >= 15 is 0 Å². The van der Waals surface area contributed by atoms with Crippen LogP contribution in [0, 0.1) is 0 Å². The quantitative estimate of drug-likeness (QED) is 0.918. The predicted octanol–water partition coefficient (Wildman–Crippen LogP) is 1.69. The highest BCUT2D eigenvalue weighted by molar-refractivity contribution is 5.90. The molecule has 0 atom stereocenters. The van der Waals surface area contributed by atoms with Crippen molar-refractivity contribution in [3.05, 3.63) is 30.0 Å². The number of aliphatic carboxylic acids is 1. The zero-order valence-corrected chi connectivity index (χ0v) is 11.6. The molecule has 2 aromatic rings. The minimum absolute atomic E-state index is 0.00419. The van der Waals surface area contributed by atoms with E-state index in [9.17, 15) is 9.59 Å². The van der Waals surface area contributed by atoms with Gasteiger partial charge in [-0.05, 0) is 26.0 Å². The molecule has 1 amide bonds. The molecule has 106 valence electrons. The van der Waals surface area contributed by atoms with Crippen LogP contribution in [0.15, 0.2) is 28.8 Å². The van der Waals surface area contributed by atoms with Crippen molar-refractivity contribution in [1.82, 2.24) is 10.1 Å². The van der Waals surface area contributed by atoms with Crippen LogP contribution in [0.4, 0.5) is 0 Å². The summed E-state index contributed by atoms with van der Waals surface area (Å²) in [6.45, 7) is 2.96. The third-order valence-electron chi connectivity index (χ3n) is 3.51. The number of amides is 1. The summed E-state index contributed by atoms with van der Waals surface area (Å²) in [5, 5.41) is 13.8. The summed E-state index contributed by atoms with van der Waals surface area (Å²) in [4.78, 5) is 24.5. The van der Waals surface area contributed by atoms with Gasteiger partial charge in [-0.15, -0.1) is 0 Å². The van der Waals surface area contributed by atoms with Crippen molar-refractivity contribution in [3.8, 4) is 0 Å². The van der Waals surface area contributed by atoms with Gasteiger partial charge in [-0.3, -0.25) is 4.79 Å². The lowest BCUT2D eigenvalue weighted by atomic mass is 10.0. The van der Waals surface area contributed by atoms with E-state index in [0.29, 0.717) is 11.3 Å². The Bertz CT molecular complexity index is 660. The zero-order chi connectivity index (χ0) is 14.9. The first-order chi connectivity index (χ1) is 9.34. The fraction of sp³-hybridized carbons (Fsp3) is 0.357. The molecule has 0 aliphatic rings. The van der Waals surface area contributed by atoms with E-state index in [-0.39, 0.29) is 12.3 Å². The van der Waals surface area contributed by atoms with E-state index in [1.54, 1.807) is 6.07 Å². The van der Waals surface area contributed by atoms with E-state index in [0.717, 1.165) is 5.39 Å². The van der Waals surface area contributed by atoms with Gasteiger partial charge in [0.2, 0.25) is 5.91 Å². The minimum Gasteiger partial charge on any atom is -0.480 e. The molecule has 2 rings (SSSR count). The van der Waals surface area contributed by atoms with Gasteiger partial charge in [0.1, 0.15) is 11.2 Å². The van der Waals surface area contributed by atoms with Gasteiger partial charge in [0.05, 0.1) is 6.42 Å². The number of fused-ring (bicyclic) bond motifs is 1. The average molecular weight is 276 g/mol. The number of para-hydroxylation sites is 1. The second kappa shape index (κ2) is 4.96. The van der Waals surface area contributed by atoms with Crippen LogP contribution in [0.3, 0.4) is 0 Å². The average Bonchev–Trinajstić information content (AvgIpc) is 2.81. The van der Waals surface area contributed by atoms with Crippen LogP contribution >= 0.6 is 0 Å². The molecular weight excluding hydrogens is 260 g/mol. The van der Waals surface area contributed by atoms with Crippen LogP contribution in [-0.2, 0) is 16.0 Å². The third-order valence-corrected chi connectivity index (χ3v) is 3.51. The van der Waals surface area contributed by atoms with Gasteiger partial charge in [-0.2, -0.15) is 0 Å². The number of rotatable bonds is 4. The molecule has 1 aromatic heterocycles. The van der Waals surface area contributed by atoms with E-state index in [1.807, 2.05) is 18.2 Å². The first-order valence-corrected chi connectivity index (χ1v) is 6.17. The molecular formula is C14H16N2O4. The van der Waals surface area contributed by atoms with Gasteiger partial charge in [-0.1, -0.05) is 17.3 Å². The highest BCUT2D eigenvalue weighted by atomic mass is 16.5. The molecule has 0 radical (unpaired) electrons. The molecule has 0 aliphatic heterocycles. The van der Waals surface area contributed by atoms with Gasteiger partial charge in [0, 0.05) is 12.4 Å². The summed E-state index contributed by atoms with van der Waals surface area (Å²) in [5.41, 5.74) is -0.148. The van der Waals surface area contributed by atoms with Crippen molar-refractivity contribution in [2.24, 2.45) is 0 Å². The maximum Gasteiger partial charge on any atom is 0.329 e. The number of nitrogens with zero attached hydrogens (tertiary/aromatic N) is 2. The smallest absolute Gasteiger partial charge is 0.329 e. The highest BCUT2D eigenvalue weighted by Crippen LogP contribution is 2.20. The van der Waals surface area contributed by atoms with Gasteiger partial charge < -0.3 is 14.5 Å². The number of carbonyl (C=O) groups excluding carboxylic acids is 1. The fourth-order valence-electron chi connectivity index (χ4n) is 1.78. The Labute approximate surface area is 116 Å². The summed E-state index contributed by atoms with van der Waals surface area (Å²) < 4.78 is 5.13. The maximum absolute atomic E-state index is 12.2. The van der Waals surface area contributed by atoms with Crippen LogP contribution in [0.1, 0.15) is 19.5 Å². The molecule has 1 aromatic carbocycles. The summed E-state index contributed by atoms with van der Waals surface area (Å²) >= 11 is 0. The first-order valence-electron chi connectivity index (χ1n) is 6.17. The second-order valence-electron chi connectivity index (χ2n) is 5.12. The van der Waals surface area contributed by atoms with Crippen molar-refractivity contribution in [2.75, 3.05) is 7.05 Å². The molecule has 20 heavy (non-hydrogen) atoms.